The van der Waals surface area contributed by atoms with Gasteiger partial charge in [-0.3, -0.25) is 9.59 Å². The van der Waals surface area contributed by atoms with Crippen LogP contribution < -0.4 is 4.90 Å². The van der Waals surface area contributed by atoms with Gasteiger partial charge in [-0.25, -0.2) is 0 Å². The fraction of sp³-hybridized carbons (Fsp3) is 0.176. The molecule has 0 fully saturated rings. The van der Waals surface area contributed by atoms with Crippen molar-refractivity contribution in [2.24, 2.45) is 0 Å². The first-order chi connectivity index (χ1) is 9.68. The highest BCUT2D eigenvalue weighted by Crippen LogP contribution is 2.38. The van der Waals surface area contributed by atoms with Gasteiger partial charge in [-0.2, -0.15) is 0 Å². The van der Waals surface area contributed by atoms with Crippen LogP contribution in [-0.2, 0) is 4.79 Å². The summed E-state index contributed by atoms with van der Waals surface area (Å²) < 4.78 is 0. The molecule has 1 aliphatic heterocycles. The Kier molecular flexibility index (Phi) is 3.11. The van der Waals surface area contributed by atoms with E-state index in [9.17, 15) is 9.59 Å². The lowest BCUT2D eigenvalue weighted by Crippen LogP contribution is -2.38. The van der Waals surface area contributed by atoms with Crippen LogP contribution in [0.1, 0.15) is 35.3 Å². The minimum Gasteiger partial charge on any atom is -0.304 e. The van der Waals surface area contributed by atoms with Crippen LogP contribution in [0.25, 0.3) is 0 Å². The molecule has 1 heterocycles. The number of ketones is 1. The van der Waals surface area contributed by atoms with E-state index in [2.05, 4.69) is 0 Å². The van der Waals surface area contributed by atoms with Crippen molar-refractivity contribution in [2.75, 3.05) is 4.90 Å². The number of para-hydroxylation sites is 1. The molecule has 20 heavy (non-hydrogen) atoms. The molecule has 1 unspecified atom stereocenters. The number of nitrogens with zero attached hydrogens (tertiary/aromatic N) is 1. The molecule has 0 radical (unpaired) electrons. The van der Waals surface area contributed by atoms with Crippen LogP contribution in [0.2, 0.25) is 0 Å². The number of hydrogen-bond donors (Lipinski definition) is 0. The Morgan fingerprint density at radius 1 is 1.05 bits per heavy atom. The van der Waals surface area contributed by atoms with Crippen molar-refractivity contribution in [2.45, 2.75) is 19.4 Å². The molecule has 0 bridgehead atoms. The van der Waals surface area contributed by atoms with Crippen LogP contribution in [0.15, 0.2) is 54.6 Å². The number of Topliss-reactive ketones (excluding diaryl/α,β-unsaturated/α-hetero) is 1. The average molecular weight is 265 g/mol. The largest absolute Gasteiger partial charge is 0.304 e. The highest BCUT2D eigenvalue weighted by molar-refractivity contribution is 6.09. The van der Waals surface area contributed by atoms with Gasteiger partial charge in [0.15, 0.2) is 5.78 Å². The summed E-state index contributed by atoms with van der Waals surface area (Å²) in [5.74, 6) is 0.0470. The van der Waals surface area contributed by atoms with Gasteiger partial charge in [-0.15, -0.1) is 0 Å². The van der Waals surface area contributed by atoms with Gasteiger partial charge in [-0.1, -0.05) is 42.5 Å². The molecule has 2 aromatic carbocycles. The standard InChI is InChI=1S/C17H15NO2/c1-12(19)18-15-10-6-5-9-14(15)17(20)11-16(18)13-7-3-2-4-8-13/h2-10,16H,11H2,1H3. The molecule has 3 heteroatoms. The van der Waals surface area contributed by atoms with E-state index in [1.54, 1.807) is 17.9 Å². The fourth-order valence-electron chi connectivity index (χ4n) is 2.80. The summed E-state index contributed by atoms with van der Waals surface area (Å²) in [5, 5.41) is 0. The molecular formula is C17H15NO2. The van der Waals surface area contributed by atoms with E-state index >= 15 is 0 Å². The zero-order valence-corrected chi connectivity index (χ0v) is 11.2. The first-order valence-electron chi connectivity index (χ1n) is 6.65. The topological polar surface area (TPSA) is 37.4 Å². The summed E-state index contributed by atoms with van der Waals surface area (Å²) >= 11 is 0. The lowest BCUT2D eigenvalue weighted by molar-refractivity contribution is -0.117. The Labute approximate surface area is 117 Å². The SMILES string of the molecule is CC(=O)N1c2ccccc2C(=O)CC1c1ccccc1. The molecule has 1 amide bonds. The molecule has 3 nitrogen and oxygen atoms in total. The second-order valence-electron chi connectivity index (χ2n) is 4.96. The monoisotopic (exact) mass is 265 g/mol. The Balaban J connectivity index is 2.14. The van der Waals surface area contributed by atoms with Crippen molar-refractivity contribution in [3.05, 3.63) is 65.7 Å². The smallest absolute Gasteiger partial charge is 0.224 e. The summed E-state index contributed by atoms with van der Waals surface area (Å²) in [6, 6.07) is 16.8. The van der Waals surface area contributed by atoms with E-state index < -0.39 is 0 Å². The highest BCUT2D eigenvalue weighted by atomic mass is 16.2. The number of fused-ring (bicyclic) bond motifs is 1. The number of carbonyl (C=O) groups excluding carboxylic acids is 2. The molecule has 0 saturated heterocycles. The molecule has 100 valence electrons. The van der Waals surface area contributed by atoms with E-state index in [0.29, 0.717) is 17.7 Å². The first-order valence-corrected chi connectivity index (χ1v) is 6.65. The zero-order chi connectivity index (χ0) is 14.1. The fourth-order valence-corrected chi connectivity index (χ4v) is 2.80. The van der Waals surface area contributed by atoms with Gasteiger partial charge in [0.25, 0.3) is 0 Å². The van der Waals surface area contributed by atoms with E-state index in [-0.39, 0.29) is 17.7 Å². The Hall–Kier alpha value is -2.42. The van der Waals surface area contributed by atoms with E-state index in [1.165, 1.54) is 0 Å². The van der Waals surface area contributed by atoms with Gasteiger partial charge in [0.2, 0.25) is 5.91 Å². The van der Waals surface area contributed by atoms with Crippen LogP contribution in [0.5, 0.6) is 0 Å². The average Bonchev–Trinajstić information content (AvgIpc) is 2.47. The van der Waals surface area contributed by atoms with Gasteiger partial charge >= 0.3 is 0 Å². The summed E-state index contributed by atoms with van der Waals surface area (Å²) in [6.45, 7) is 1.54. The van der Waals surface area contributed by atoms with Crippen molar-refractivity contribution >= 4 is 17.4 Å². The molecule has 0 saturated carbocycles. The van der Waals surface area contributed by atoms with E-state index in [1.807, 2.05) is 48.5 Å². The maximum atomic E-state index is 12.3. The maximum absolute atomic E-state index is 12.3. The summed E-state index contributed by atoms with van der Waals surface area (Å²) in [4.78, 5) is 26.1. The lowest BCUT2D eigenvalue weighted by Gasteiger charge is -2.36. The van der Waals surface area contributed by atoms with Crippen LogP contribution in [-0.4, -0.2) is 11.7 Å². The van der Waals surface area contributed by atoms with Crippen LogP contribution in [0.4, 0.5) is 5.69 Å². The van der Waals surface area contributed by atoms with Crippen LogP contribution >= 0.6 is 0 Å². The molecule has 0 spiro atoms. The lowest BCUT2D eigenvalue weighted by atomic mass is 9.90. The predicted molar refractivity (Wildman–Crippen MR) is 77.7 cm³/mol. The molecule has 3 rings (SSSR count). The predicted octanol–water partition coefficient (Wildman–Crippen LogP) is 3.37. The number of amides is 1. The van der Waals surface area contributed by atoms with Crippen LogP contribution in [0, 0.1) is 0 Å². The minimum absolute atomic E-state index is 0.0428. The van der Waals surface area contributed by atoms with E-state index in [4.69, 9.17) is 0 Å². The highest BCUT2D eigenvalue weighted by Gasteiger charge is 2.34. The second-order valence-corrected chi connectivity index (χ2v) is 4.96. The summed E-state index contributed by atoms with van der Waals surface area (Å²) in [7, 11) is 0. The van der Waals surface area contributed by atoms with Crippen molar-refractivity contribution in [3.8, 4) is 0 Å². The third-order valence-corrected chi connectivity index (χ3v) is 3.68. The van der Waals surface area contributed by atoms with E-state index in [0.717, 1.165) is 5.56 Å². The normalized spacial score (nSPS) is 17.8. The molecule has 0 aromatic heterocycles. The Morgan fingerprint density at radius 2 is 1.70 bits per heavy atom. The summed E-state index contributed by atoms with van der Waals surface area (Å²) in [5.41, 5.74) is 2.34. The minimum atomic E-state index is -0.212. The first kappa shape index (κ1) is 12.6. The molecular weight excluding hydrogens is 250 g/mol. The van der Waals surface area contributed by atoms with Gasteiger partial charge in [0.05, 0.1) is 11.7 Å². The van der Waals surface area contributed by atoms with Crippen molar-refractivity contribution in [1.82, 2.24) is 0 Å². The quantitative estimate of drug-likeness (QED) is 0.792. The third kappa shape index (κ3) is 2.01. The van der Waals surface area contributed by atoms with Crippen molar-refractivity contribution in [3.63, 3.8) is 0 Å². The van der Waals surface area contributed by atoms with Gasteiger partial charge in [0, 0.05) is 18.9 Å². The number of anilines is 1. The van der Waals surface area contributed by atoms with Gasteiger partial charge in [-0.05, 0) is 17.7 Å². The maximum Gasteiger partial charge on any atom is 0.224 e. The van der Waals surface area contributed by atoms with Gasteiger partial charge < -0.3 is 4.90 Å². The number of carbonyl (C=O) groups is 2. The second kappa shape index (κ2) is 4.93. The summed E-state index contributed by atoms with van der Waals surface area (Å²) in [6.07, 6.45) is 0.334. The third-order valence-electron chi connectivity index (χ3n) is 3.68. The number of hydrogen-bond acceptors (Lipinski definition) is 2. The molecule has 2 aromatic rings. The van der Waals surface area contributed by atoms with Crippen molar-refractivity contribution < 1.29 is 9.59 Å². The van der Waals surface area contributed by atoms with Crippen molar-refractivity contribution in [1.29, 1.82) is 0 Å². The Morgan fingerprint density at radius 3 is 2.40 bits per heavy atom. The number of benzene rings is 2. The molecule has 0 aliphatic carbocycles. The number of rotatable bonds is 1. The molecule has 1 aliphatic rings. The molecule has 1 atom stereocenters. The van der Waals surface area contributed by atoms with Crippen LogP contribution in [0.3, 0.4) is 0 Å². The Bertz CT molecular complexity index is 664. The zero-order valence-electron chi connectivity index (χ0n) is 11.2. The molecule has 0 N–H and O–H groups in total. The van der Waals surface area contributed by atoms with Gasteiger partial charge in [0.1, 0.15) is 0 Å².